The van der Waals surface area contributed by atoms with Crippen LogP contribution in [-0.2, 0) is 9.59 Å². The topological polar surface area (TPSA) is 149 Å². The fourth-order valence-electron chi connectivity index (χ4n) is 11.0. The number of amides is 2. The van der Waals surface area contributed by atoms with Crippen molar-refractivity contribution in [1.29, 1.82) is 0 Å². The van der Waals surface area contributed by atoms with Gasteiger partial charge in [0.15, 0.2) is 0 Å². The van der Waals surface area contributed by atoms with Gasteiger partial charge >= 0.3 is 0 Å². The van der Waals surface area contributed by atoms with Gasteiger partial charge in [0.1, 0.15) is 6.04 Å². The van der Waals surface area contributed by atoms with Gasteiger partial charge in [-0.05, 0) is 96.8 Å². The molecular weight excluding hydrogens is 999 g/mol. The Balaban J connectivity index is 2.71. The van der Waals surface area contributed by atoms with Crippen molar-refractivity contribution in [3.63, 3.8) is 0 Å². The Labute approximate surface area is 484 Å². The summed E-state index contributed by atoms with van der Waals surface area (Å²) in [5.41, 5.74) is 0. The number of carbonyl (C=O) groups is 2. The average molecular weight is 1130 g/mol. The summed E-state index contributed by atoms with van der Waals surface area (Å²) in [4.78, 5) is 34.1. The standard InChI is InChI=1S/C64H129N5O6S2/c1-5-9-13-17-21-23-27-32-42-60(72)56-69(57-61(73)43-33-28-24-22-18-14-10-6-2)50-38-39-52-76-77-53-45-62(64(75)65-46-51-67-47-35-29-36-48-67)66-63(74)44-34-37-49-68(54-58(70)40-30-25-19-15-11-7-3)55-59(71)41-31-26-20-16-12-8-4/h58-62,70-73H,5-57H2,1-4H3,(H,65,75)(H,66,74). The zero-order valence-corrected chi connectivity index (χ0v) is 52.8. The summed E-state index contributed by atoms with van der Waals surface area (Å²) in [5, 5.41) is 50.5. The van der Waals surface area contributed by atoms with Crippen molar-refractivity contribution in [3.8, 4) is 0 Å². The summed E-state index contributed by atoms with van der Waals surface area (Å²) < 4.78 is 0. The van der Waals surface area contributed by atoms with Crippen LogP contribution in [-0.4, -0.2) is 154 Å². The number of hydrogen-bond acceptors (Lipinski definition) is 11. The van der Waals surface area contributed by atoms with Crippen LogP contribution in [0.1, 0.15) is 291 Å². The van der Waals surface area contributed by atoms with E-state index in [1.54, 1.807) is 10.8 Å². The number of unbranched alkanes of at least 4 members (excludes halogenated alkanes) is 26. The number of rotatable bonds is 59. The Morgan fingerprint density at radius 1 is 0.442 bits per heavy atom. The van der Waals surface area contributed by atoms with Gasteiger partial charge < -0.3 is 36.0 Å². The smallest absolute Gasteiger partial charge is 0.242 e. The average Bonchev–Trinajstić information content (AvgIpc) is 3.41. The van der Waals surface area contributed by atoms with Crippen LogP contribution in [0.4, 0.5) is 0 Å². The first-order chi connectivity index (χ1) is 37.6. The van der Waals surface area contributed by atoms with Crippen LogP contribution in [0, 0.1) is 0 Å². The molecule has 0 bridgehead atoms. The summed E-state index contributed by atoms with van der Waals surface area (Å²) in [6.07, 6.45) is 44.4. The minimum Gasteiger partial charge on any atom is -0.392 e. The molecule has 1 aliphatic rings. The minimum atomic E-state index is -0.578. The molecule has 77 heavy (non-hydrogen) atoms. The molecule has 11 nitrogen and oxygen atoms in total. The lowest BCUT2D eigenvalue weighted by Crippen LogP contribution is -2.48. The van der Waals surface area contributed by atoms with Crippen molar-refractivity contribution in [1.82, 2.24) is 25.3 Å². The van der Waals surface area contributed by atoms with E-state index in [2.05, 4.69) is 53.0 Å². The fraction of sp³-hybridized carbons (Fsp3) is 0.969. The second-order valence-corrected chi connectivity index (χ2v) is 26.4. The van der Waals surface area contributed by atoms with E-state index in [1.807, 2.05) is 10.8 Å². The molecule has 0 aliphatic carbocycles. The van der Waals surface area contributed by atoms with Crippen molar-refractivity contribution in [2.45, 2.75) is 321 Å². The van der Waals surface area contributed by atoms with Gasteiger partial charge in [-0.25, -0.2) is 0 Å². The Morgan fingerprint density at radius 2 is 0.805 bits per heavy atom. The highest BCUT2D eigenvalue weighted by Crippen LogP contribution is 2.25. The molecule has 0 aromatic rings. The third-order valence-electron chi connectivity index (χ3n) is 15.9. The van der Waals surface area contributed by atoms with E-state index >= 15 is 0 Å². The van der Waals surface area contributed by atoms with Gasteiger partial charge in [-0.15, -0.1) is 0 Å². The lowest BCUT2D eigenvalue weighted by Gasteiger charge is -2.27. The Morgan fingerprint density at radius 3 is 1.21 bits per heavy atom. The summed E-state index contributed by atoms with van der Waals surface area (Å²) in [7, 11) is 3.62. The van der Waals surface area contributed by atoms with Gasteiger partial charge in [-0.1, -0.05) is 235 Å². The third kappa shape index (κ3) is 48.6. The largest absolute Gasteiger partial charge is 0.392 e. The van der Waals surface area contributed by atoms with Gasteiger partial charge in [0.2, 0.25) is 11.8 Å². The van der Waals surface area contributed by atoms with Gasteiger partial charge in [0, 0.05) is 57.2 Å². The van der Waals surface area contributed by atoms with E-state index in [-0.39, 0.29) is 24.0 Å². The molecule has 1 aliphatic heterocycles. The van der Waals surface area contributed by atoms with Gasteiger partial charge in [-0.3, -0.25) is 19.4 Å². The highest BCUT2D eigenvalue weighted by molar-refractivity contribution is 8.76. The van der Waals surface area contributed by atoms with Crippen LogP contribution in [0.15, 0.2) is 0 Å². The number of piperidine rings is 1. The molecule has 1 heterocycles. The zero-order valence-electron chi connectivity index (χ0n) is 51.1. The molecule has 458 valence electrons. The molecule has 1 fully saturated rings. The number of nitrogens with zero attached hydrogens (tertiary/aromatic N) is 3. The van der Waals surface area contributed by atoms with E-state index in [9.17, 15) is 30.0 Å². The fourth-order valence-corrected chi connectivity index (χ4v) is 13.2. The van der Waals surface area contributed by atoms with E-state index in [0.717, 1.165) is 128 Å². The first kappa shape index (κ1) is 74.4. The highest BCUT2D eigenvalue weighted by atomic mass is 33.1. The Kier molecular flexibility index (Phi) is 54.0. The monoisotopic (exact) mass is 1130 g/mol. The first-order valence-electron chi connectivity index (χ1n) is 33.3. The lowest BCUT2D eigenvalue weighted by molar-refractivity contribution is -0.129. The van der Waals surface area contributed by atoms with Crippen LogP contribution >= 0.6 is 21.6 Å². The minimum absolute atomic E-state index is 0.0907. The molecule has 0 aromatic carbocycles. The maximum Gasteiger partial charge on any atom is 0.242 e. The second kappa shape index (κ2) is 55.9. The van der Waals surface area contributed by atoms with Crippen LogP contribution in [0.5, 0.6) is 0 Å². The van der Waals surface area contributed by atoms with Crippen molar-refractivity contribution in [2.24, 2.45) is 0 Å². The Bertz CT molecular complexity index is 1220. The number of aliphatic hydroxyl groups excluding tert-OH is 4. The molecule has 0 spiro atoms. The van der Waals surface area contributed by atoms with Crippen molar-refractivity contribution in [2.75, 3.05) is 77.0 Å². The molecule has 1 saturated heterocycles. The lowest BCUT2D eigenvalue weighted by atomic mass is 10.0. The molecule has 6 N–H and O–H groups in total. The SMILES string of the molecule is CCCCCCCCCCC(O)CN(CCCCSSCCC(NC(=O)CCCCN(CC(O)CCCCCCCC)CC(O)CCCCCCCC)C(=O)NCCN1CCCCC1)CC(O)CCCCCCCCCC. The summed E-state index contributed by atoms with van der Waals surface area (Å²) in [6, 6.07) is -0.578. The molecule has 0 aromatic heterocycles. The number of hydrogen-bond donors (Lipinski definition) is 6. The quantitative estimate of drug-likeness (QED) is 0.0255. The molecular formula is C64H129N5O6S2. The van der Waals surface area contributed by atoms with Gasteiger partial charge in [-0.2, -0.15) is 0 Å². The number of carbonyl (C=O) groups excluding carboxylic acids is 2. The zero-order chi connectivity index (χ0) is 56.1. The number of likely N-dealkylation sites (tertiary alicyclic amines) is 1. The molecule has 0 saturated carbocycles. The van der Waals surface area contributed by atoms with E-state index in [4.69, 9.17) is 0 Å². The summed E-state index contributed by atoms with van der Waals surface area (Å²) in [5.74, 6) is 1.56. The van der Waals surface area contributed by atoms with Gasteiger partial charge in [0.05, 0.1) is 24.4 Å². The van der Waals surface area contributed by atoms with E-state index < -0.39 is 18.2 Å². The van der Waals surface area contributed by atoms with Crippen molar-refractivity contribution >= 4 is 33.4 Å². The maximum atomic E-state index is 13.7. The number of aliphatic hydroxyl groups is 4. The molecule has 5 unspecified atom stereocenters. The highest BCUT2D eigenvalue weighted by Gasteiger charge is 2.22. The van der Waals surface area contributed by atoms with Crippen LogP contribution < -0.4 is 10.6 Å². The first-order valence-corrected chi connectivity index (χ1v) is 35.8. The van der Waals surface area contributed by atoms with Gasteiger partial charge in [0.25, 0.3) is 0 Å². The molecule has 2 amide bonds. The van der Waals surface area contributed by atoms with E-state index in [1.165, 1.54) is 161 Å². The van der Waals surface area contributed by atoms with Crippen LogP contribution in [0.2, 0.25) is 0 Å². The van der Waals surface area contributed by atoms with Crippen molar-refractivity contribution < 1.29 is 30.0 Å². The third-order valence-corrected chi connectivity index (χ3v) is 18.4. The Hall–Kier alpha value is -0.640. The second-order valence-electron chi connectivity index (χ2n) is 23.7. The predicted molar refractivity (Wildman–Crippen MR) is 335 cm³/mol. The molecule has 13 heteroatoms. The molecule has 5 atom stereocenters. The summed E-state index contributed by atoms with van der Waals surface area (Å²) >= 11 is 0. The van der Waals surface area contributed by atoms with Crippen molar-refractivity contribution in [3.05, 3.63) is 0 Å². The normalized spacial score (nSPS) is 15.3. The predicted octanol–water partition coefficient (Wildman–Crippen LogP) is 14.4. The summed E-state index contributed by atoms with van der Waals surface area (Å²) in [6.45, 7) is 16.5. The van der Waals surface area contributed by atoms with Crippen LogP contribution in [0.3, 0.4) is 0 Å². The van der Waals surface area contributed by atoms with Crippen LogP contribution in [0.25, 0.3) is 0 Å². The maximum absolute atomic E-state index is 13.7. The molecule has 1 rings (SSSR count). The van der Waals surface area contributed by atoms with E-state index in [0.29, 0.717) is 52.0 Å². The number of nitrogens with one attached hydrogen (secondary N) is 2. The molecule has 0 radical (unpaired) electrons.